The van der Waals surface area contributed by atoms with Crippen molar-refractivity contribution in [1.29, 1.82) is 0 Å². The molecule has 2 N–H and O–H groups in total. The van der Waals surface area contributed by atoms with E-state index in [1.165, 1.54) is 0 Å². The Morgan fingerprint density at radius 1 is 1.47 bits per heavy atom. The third-order valence-electron chi connectivity index (χ3n) is 3.20. The zero-order valence-electron chi connectivity index (χ0n) is 11.1. The van der Waals surface area contributed by atoms with E-state index < -0.39 is 0 Å². The second kappa shape index (κ2) is 5.40. The van der Waals surface area contributed by atoms with Crippen LogP contribution in [0.15, 0.2) is 18.2 Å². The van der Waals surface area contributed by atoms with Gasteiger partial charge < -0.3 is 15.3 Å². The van der Waals surface area contributed by atoms with E-state index in [2.05, 4.69) is 5.32 Å². The minimum atomic E-state index is -0.119. The van der Waals surface area contributed by atoms with Crippen molar-refractivity contribution in [3.05, 3.63) is 29.3 Å². The number of amides is 2. The van der Waals surface area contributed by atoms with Crippen molar-refractivity contribution in [3.8, 4) is 0 Å². The molecule has 2 rings (SSSR count). The molecule has 1 aromatic rings. The molecular weight excluding hydrogens is 244 g/mol. The van der Waals surface area contributed by atoms with E-state index in [0.717, 1.165) is 11.3 Å². The average Bonchev–Trinajstić information content (AvgIpc) is 2.73. The van der Waals surface area contributed by atoms with Crippen LogP contribution in [0.5, 0.6) is 0 Å². The number of benzene rings is 1. The van der Waals surface area contributed by atoms with Gasteiger partial charge in [-0.1, -0.05) is 0 Å². The van der Waals surface area contributed by atoms with Crippen LogP contribution in [0, 0.1) is 0 Å². The summed E-state index contributed by atoms with van der Waals surface area (Å²) >= 11 is 0. The van der Waals surface area contributed by atoms with Crippen LogP contribution < -0.4 is 5.32 Å². The highest BCUT2D eigenvalue weighted by atomic mass is 16.3. The van der Waals surface area contributed by atoms with Crippen molar-refractivity contribution in [2.24, 2.45) is 0 Å². The lowest BCUT2D eigenvalue weighted by Gasteiger charge is -2.26. The maximum absolute atomic E-state index is 12.4. The number of nitrogens with zero attached hydrogens (tertiary/aromatic N) is 1. The Labute approximate surface area is 112 Å². The summed E-state index contributed by atoms with van der Waals surface area (Å²) in [6, 6.07) is 5.24. The minimum absolute atomic E-state index is 0.0210. The van der Waals surface area contributed by atoms with E-state index in [4.69, 9.17) is 5.11 Å². The van der Waals surface area contributed by atoms with E-state index >= 15 is 0 Å². The van der Waals surface area contributed by atoms with Gasteiger partial charge in [-0.15, -0.1) is 0 Å². The first kappa shape index (κ1) is 13.5. The molecule has 5 nitrogen and oxygen atoms in total. The predicted molar refractivity (Wildman–Crippen MR) is 72.0 cm³/mol. The molecule has 0 unspecified atom stereocenters. The molecule has 0 fully saturated rings. The molecule has 0 atom stereocenters. The first-order chi connectivity index (χ1) is 9.02. The van der Waals surface area contributed by atoms with Crippen molar-refractivity contribution in [2.45, 2.75) is 26.3 Å². The number of hydrogen-bond acceptors (Lipinski definition) is 3. The Kier molecular flexibility index (Phi) is 3.85. The van der Waals surface area contributed by atoms with Gasteiger partial charge >= 0.3 is 0 Å². The fourth-order valence-corrected chi connectivity index (χ4v) is 2.23. The van der Waals surface area contributed by atoms with Gasteiger partial charge in [-0.3, -0.25) is 9.59 Å². The molecule has 102 valence electrons. The highest BCUT2D eigenvalue weighted by Crippen LogP contribution is 2.24. The van der Waals surface area contributed by atoms with E-state index in [0.29, 0.717) is 18.5 Å². The van der Waals surface area contributed by atoms with Gasteiger partial charge in [0, 0.05) is 23.8 Å². The summed E-state index contributed by atoms with van der Waals surface area (Å²) in [4.78, 5) is 25.3. The van der Waals surface area contributed by atoms with Gasteiger partial charge in [0.1, 0.15) is 0 Å². The zero-order chi connectivity index (χ0) is 14.0. The molecule has 0 radical (unpaired) electrons. The fraction of sp³-hybridized carbons (Fsp3) is 0.429. The molecule has 0 saturated carbocycles. The number of anilines is 1. The molecule has 0 spiro atoms. The molecule has 19 heavy (non-hydrogen) atoms. The van der Waals surface area contributed by atoms with Crippen LogP contribution in [0.2, 0.25) is 0 Å². The SMILES string of the molecule is CC(C)N(CCO)C(=O)c1ccc2c(c1)CC(=O)N2. The summed E-state index contributed by atoms with van der Waals surface area (Å²) in [7, 11) is 0. The molecule has 1 heterocycles. The zero-order valence-corrected chi connectivity index (χ0v) is 11.1. The van der Waals surface area contributed by atoms with Crippen LogP contribution in [-0.4, -0.2) is 41.0 Å². The molecule has 1 aliphatic heterocycles. The highest BCUT2D eigenvalue weighted by molar-refractivity contribution is 6.01. The van der Waals surface area contributed by atoms with Crippen LogP contribution in [0.25, 0.3) is 0 Å². The summed E-state index contributed by atoms with van der Waals surface area (Å²) in [5.74, 6) is -0.165. The van der Waals surface area contributed by atoms with Gasteiger partial charge in [-0.05, 0) is 37.6 Å². The van der Waals surface area contributed by atoms with Crippen molar-refractivity contribution in [2.75, 3.05) is 18.5 Å². The van der Waals surface area contributed by atoms with Gasteiger partial charge in [-0.2, -0.15) is 0 Å². The maximum Gasteiger partial charge on any atom is 0.254 e. The van der Waals surface area contributed by atoms with Crippen molar-refractivity contribution in [3.63, 3.8) is 0 Å². The average molecular weight is 262 g/mol. The monoisotopic (exact) mass is 262 g/mol. The number of carbonyl (C=O) groups is 2. The summed E-state index contributed by atoms with van der Waals surface area (Å²) in [5, 5.41) is 11.8. The van der Waals surface area contributed by atoms with E-state index in [9.17, 15) is 9.59 Å². The Morgan fingerprint density at radius 2 is 2.21 bits per heavy atom. The van der Waals surface area contributed by atoms with Gasteiger partial charge in [-0.25, -0.2) is 0 Å². The molecule has 2 amide bonds. The Balaban J connectivity index is 2.24. The largest absolute Gasteiger partial charge is 0.395 e. The molecule has 0 aliphatic carbocycles. The first-order valence-corrected chi connectivity index (χ1v) is 6.37. The number of rotatable bonds is 4. The van der Waals surface area contributed by atoms with Crippen LogP contribution in [0.3, 0.4) is 0 Å². The van der Waals surface area contributed by atoms with Crippen molar-refractivity contribution < 1.29 is 14.7 Å². The number of carbonyl (C=O) groups excluding carboxylic acids is 2. The summed E-state index contributed by atoms with van der Waals surface area (Å²) < 4.78 is 0. The number of fused-ring (bicyclic) bond motifs is 1. The summed E-state index contributed by atoms with van der Waals surface area (Å²) in [6.07, 6.45) is 0.318. The Bertz CT molecular complexity index is 511. The third-order valence-corrected chi connectivity index (χ3v) is 3.20. The van der Waals surface area contributed by atoms with Gasteiger partial charge in [0.2, 0.25) is 5.91 Å². The molecule has 0 bridgehead atoms. The molecule has 0 saturated heterocycles. The second-order valence-electron chi connectivity index (χ2n) is 4.91. The van der Waals surface area contributed by atoms with Gasteiger partial charge in [0.05, 0.1) is 13.0 Å². The van der Waals surface area contributed by atoms with Gasteiger partial charge in [0.25, 0.3) is 5.91 Å². The van der Waals surface area contributed by atoms with Crippen molar-refractivity contribution in [1.82, 2.24) is 4.90 Å². The molecule has 5 heteroatoms. The lowest BCUT2D eigenvalue weighted by Crippen LogP contribution is -2.39. The lowest BCUT2D eigenvalue weighted by atomic mass is 10.1. The van der Waals surface area contributed by atoms with E-state index in [1.807, 2.05) is 13.8 Å². The maximum atomic E-state index is 12.4. The first-order valence-electron chi connectivity index (χ1n) is 6.37. The quantitative estimate of drug-likeness (QED) is 0.851. The topological polar surface area (TPSA) is 69.6 Å². The second-order valence-corrected chi connectivity index (χ2v) is 4.91. The van der Waals surface area contributed by atoms with Gasteiger partial charge in [0.15, 0.2) is 0 Å². The van der Waals surface area contributed by atoms with E-state index in [-0.39, 0.29) is 24.5 Å². The smallest absolute Gasteiger partial charge is 0.254 e. The van der Waals surface area contributed by atoms with Crippen LogP contribution in [-0.2, 0) is 11.2 Å². The fourth-order valence-electron chi connectivity index (χ4n) is 2.23. The third kappa shape index (κ3) is 2.76. The molecule has 1 aliphatic rings. The number of aliphatic hydroxyl groups is 1. The summed E-state index contributed by atoms with van der Waals surface area (Å²) in [5.41, 5.74) is 2.18. The molecule has 0 aromatic heterocycles. The predicted octanol–water partition coefficient (Wildman–Crippen LogP) is 1.02. The van der Waals surface area contributed by atoms with Crippen molar-refractivity contribution >= 4 is 17.5 Å². The minimum Gasteiger partial charge on any atom is -0.395 e. The standard InChI is InChI=1S/C14H18N2O3/c1-9(2)16(5-6-17)14(19)10-3-4-12-11(7-10)8-13(18)15-12/h3-4,7,9,17H,5-6,8H2,1-2H3,(H,15,18). The Morgan fingerprint density at radius 3 is 2.84 bits per heavy atom. The van der Waals surface area contributed by atoms with E-state index in [1.54, 1.807) is 23.1 Å². The number of hydrogen-bond donors (Lipinski definition) is 2. The normalized spacial score (nSPS) is 13.4. The Hall–Kier alpha value is -1.88. The van der Waals surface area contributed by atoms with Crippen LogP contribution in [0.4, 0.5) is 5.69 Å². The molecule has 1 aromatic carbocycles. The number of aliphatic hydroxyl groups excluding tert-OH is 1. The summed E-state index contributed by atoms with van der Waals surface area (Å²) in [6.45, 7) is 4.07. The molecular formula is C14H18N2O3. The highest BCUT2D eigenvalue weighted by Gasteiger charge is 2.22. The number of nitrogens with one attached hydrogen (secondary N) is 1. The lowest BCUT2D eigenvalue weighted by molar-refractivity contribution is -0.115. The van der Waals surface area contributed by atoms with Crippen LogP contribution >= 0.6 is 0 Å². The van der Waals surface area contributed by atoms with Crippen LogP contribution in [0.1, 0.15) is 29.8 Å².